The number of ketones is 1. The molecule has 0 saturated carbocycles. The fraction of sp³-hybridized carbons (Fsp3) is 0.211. The molecule has 0 fully saturated rings. The van der Waals surface area contributed by atoms with Gasteiger partial charge >= 0.3 is 0 Å². The van der Waals surface area contributed by atoms with Crippen molar-refractivity contribution in [2.24, 2.45) is 0 Å². The third kappa shape index (κ3) is 3.68. The van der Waals surface area contributed by atoms with E-state index in [1.807, 2.05) is 0 Å². The number of phenols is 1. The largest absolute Gasteiger partial charge is 0.504 e. The third-order valence-electron chi connectivity index (χ3n) is 3.65. The van der Waals surface area contributed by atoms with Crippen LogP contribution >= 0.6 is 0 Å². The number of benzene rings is 2. The van der Waals surface area contributed by atoms with Crippen LogP contribution in [0.25, 0.3) is 6.08 Å². The minimum absolute atomic E-state index is 0.0998. The van der Waals surface area contributed by atoms with Gasteiger partial charge in [-0.2, -0.15) is 0 Å². The smallest absolute Gasteiger partial charge is 0.203 e. The van der Waals surface area contributed by atoms with E-state index in [0.717, 1.165) is 0 Å². The highest BCUT2D eigenvalue weighted by Crippen LogP contribution is 2.39. The Morgan fingerprint density at radius 2 is 1.48 bits per heavy atom. The molecule has 0 aliphatic rings. The highest BCUT2D eigenvalue weighted by molar-refractivity contribution is 6.09. The van der Waals surface area contributed by atoms with Crippen molar-refractivity contribution < 1.29 is 28.8 Å². The summed E-state index contributed by atoms with van der Waals surface area (Å²) in [6.45, 7) is 0. The summed E-state index contributed by atoms with van der Waals surface area (Å²) >= 11 is 0. The maximum Gasteiger partial charge on any atom is 0.203 e. The van der Waals surface area contributed by atoms with Crippen molar-refractivity contribution in [1.82, 2.24) is 0 Å². The SMILES string of the molecule is COc1cccc(OC)c1/C=C/C(=O)c1ccc(OC)c(OC)c1O. The average molecular weight is 344 g/mol. The number of hydrogen-bond acceptors (Lipinski definition) is 6. The van der Waals surface area contributed by atoms with E-state index in [2.05, 4.69) is 0 Å². The van der Waals surface area contributed by atoms with Crippen molar-refractivity contribution in [1.29, 1.82) is 0 Å². The summed E-state index contributed by atoms with van der Waals surface area (Å²) in [6.07, 6.45) is 2.91. The highest BCUT2D eigenvalue weighted by Gasteiger charge is 2.18. The molecule has 0 bridgehead atoms. The van der Waals surface area contributed by atoms with Crippen LogP contribution in [0, 0.1) is 0 Å². The molecule has 2 rings (SSSR count). The number of carbonyl (C=O) groups is 1. The van der Waals surface area contributed by atoms with E-state index in [1.165, 1.54) is 40.6 Å². The molecule has 0 unspecified atom stereocenters. The molecule has 0 aliphatic carbocycles. The van der Waals surface area contributed by atoms with E-state index in [9.17, 15) is 9.90 Å². The van der Waals surface area contributed by atoms with Gasteiger partial charge in [0.15, 0.2) is 17.3 Å². The first-order chi connectivity index (χ1) is 12.1. The molecule has 0 aliphatic heterocycles. The van der Waals surface area contributed by atoms with Gasteiger partial charge < -0.3 is 24.1 Å². The third-order valence-corrected chi connectivity index (χ3v) is 3.65. The Morgan fingerprint density at radius 1 is 0.880 bits per heavy atom. The van der Waals surface area contributed by atoms with Crippen molar-refractivity contribution in [2.75, 3.05) is 28.4 Å². The second-order valence-corrected chi connectivity index (χ2v) is 4.97. The van der Waals surface area contributed by atoms with Crippen LogP contribution in [0.15, 0.2) is 36.4 Å². The lowest BCUT2D eigenvalue weighted by Crippen LogP contribution is -1.99. The standard InChI is InChI=1S/C19H20O6/c1-22-15-6-5-7-16(23-2)13(15)8-10-14(20)12-9-11-17(24-3)19(25-4)18(12)21/h5-11,21H,1-4H3/b10-8+. The summed E-state index contributed by atoms with van der Waals surface area (Å²) < 4.78 is 20.8. The van der Waals surface area contributed by atoms with Gasteiger partial charge in [-0.3, -0.25) is 4.79 Å². The predicted octanol–water partition coefficient (Wildman–Crippen LogP) is 3.32. The van der Waals surface area contributed by atoms with Crippen LogP contribution in [-0.4, -0.2) is 39.3 Å². The summed E-state index contributed by atoms with van der Waals surface area (Å²) in [7, 11) is 5.91. The van der Waals surface area contributed by atoms with Gasteiger partial charge in [0.25, 0.3) is 0 Å². The first kappa shape index (κ1) is 18.2. The normalized spacial score (nSPS) is 10.6. The fourth-order valence-corrected chi connectivity index (χ4v) is 2.40. The van der Waals surface area contributed by atoms with Gasteiger partial charge in [-0.15, -0.1) is 0 Å². The molecule has 0 spiro atoms. The van der Waals surface area contributed by atoms with Crippen LogP contribution in [0.1, 0.15) is 15.9 Å². The molecule has 132 valence electrons. The number of ether oxygens (including phenoxy) is 4. The number of phenolic OH excluding ortho intramolecular Hbond substituents is 1. The number of carbonyl (C=O) groups excluding carboxylic acids is 1. The topological polar surface area (TPSA) is 74.2 Å². The van der Waals surface area contributed by atoms with E-state index in [4.69, 9.17) is 18.9 Å². The van der Waals surface area contributed by atoms with E-state index in [1.54, 1.807) is 30.3 Å². The summed E-state index contributed by atoms with van der Waals surface area (Å²) in [5.74, 6) is 0.915. The van der Waals surface area contributed by atoms with Crippen LogP contribution in [-0.2, 0) is 0 Å². The molecule has 0 atom stereocenters. The van der Waals surface area contributed by atoms with E-state index in [0.29, 0.717) is 22.8 Å². The molecule has 6 heteroatoms. The summed E-state index contributed by atoms with van der Waals surface area (Å²) in [6, 6.07) is 8.35. The van der Waals surface area contributed by atoms with Crippen molar-refractivity contribution in [2.45, 2.75) is 0 Å². The molecule has 0 aromatic heterocycles. The van der Waals surface area contributed by atoms with E-state index >= 15 is 0 Å². The number of rotatable bonds is 7. The van der Waals surface area contributed by atoms with Crippen LogP contribution in [0.2, 0.25) is 0 Å². The van der Waals surface area contributed by atoms with Gasteiger partial charge in [0, 0.05) is 0 Å². The lowest BCUT2D eigenvalue weighted by atomic mass is 10.1. The zero-order valence-corrected chi connectivity index (χ0v) is 14.5. The van der Waals surface area contributed by atoms with Gasteiger partial charge in [-0.05, 0) is 36.4 Å². The molecular formula is C19H20O6. The number of hydrogen-bond donors (Lipinski definition) is 1. The molecule has 0 saturated heterocycles. The van der Waals surface area contributed by atoms with Crippen LogP contribution in [0.4, 0.5) is 0 Å². The number of allylic oxidation sites excluding steroid dienone is 1. The minimum Gasteiger partial charge on any atom is -0.504 e. The Labute approximate surface area is 146 Å². The number of methoxy groups -OCH3 is 4. The first-order valence-corrected chi connectivity index (χ1v) is 7.44. The molecule has 0 amide bonds. The summed E-state index contributed by atoms with van der Waals surface area (Å²) in [4.78, 5) is 12.5. The van der Waals surface area contributed by atoms with E-state index < -0.39 is 5.78 Å². The molecule has 25 heavy (non-hydrogen) atoms. The predicted molar refractivity (Wildman–Crippen MR) is 94.1 cm³/mol. The van der Waals surface area contributed by atoms with Crippen molar-refractivity contribution in [3.05, 3.63) is 47.5 Å². The Hall–Kier alpha value is -3.15. The summed E-state index contributed by atoms with van der Waals surface area (Å²) in [5, 5.41) is 10.3. The Balaban J connectivity index is 2.40. The maximum atomic E-state index is 12.5. The lowest BCUT2D eigenvalue weighted by molar-refractivity contribution is 0.104. The van der Waals surface area contributed by atoms with Crippen LogP contribution in [0.3, 0.4) is 0 Å². The molecule has 6 nitrogen and oxygen atoms in total. The minimum atomic E-state index is -0.397. The van der Waals surface area contributed by atoms with Crippen molar-refractivity contribution in [3.63, 3.8) is 0 Å². The quantitative estimate of drug-likeness (QED) is 0.613. The van der Waals surface area contributed by atoms with Crippen LogP contribution < -0.4 is 18.9 Å². The second kappa shape index (κ2) is 8.10. The molecule has 2 aromatic carbocycles. The maximum absolute atomic E-state index is 12.5. The Kier molecular flexibility index (Phi) is 5.89. The number of aromatic hydroxyl groups is 1. The van der Waals surface area contributed by atoms with Crippen LogP contribution in [0.5, 0.6) is 28.7 Å². The first-order valence-electron chi connectivity index (χ1n) is 7.44. The average Bonchev–Trinajstić information content (AvgIpc) is 2.65. The molecule has 0 heterocycles. The zero-order valence-electron chi connectivity index (χ0n) is 14.5. The van der Waals surface area contributed by atoms with Gasteiger partial charge in [-0.1, -0.05) is 6.07 Å². The molecular weight excluding hydrogens is 324 g/mol. The molecule has 0 radical (unpaired) electrons. The van der Waals surface area contributed by atoms with Crippen molar-refractivity contribution >= 4 is 11.9 Å². The Bertz CT molecular complexity index is 772. The zero-order chi connectivity index (χ0) is 18.4. The monoisotopic (exact) mass is 344 g/mol. The van der Waals surface area contributed by atoms with E-state index in [-0.39, 0.29) is 17.1 Å². The highest BCUT2D eigenvalue weighted by atomic mass is 16.5. The van der Waals surface area contributed by atoms with Gasteiger partial charge in [-0.25, -0.2) is 0 Å². The molecule has 1 N–H and O–H groups in total. The Morgan fingerprint density at radius 3 is 2.00 bits per heavy atom. The van der Waals surface area contributed by atoms with Gasteiger partial charge in [0.2, 0.25) is 5.75 Å². The summed E-state index contributed by atoms with van der Waals surface area (Å²) in [5.41, 5.74) is 0.726. The second-order valence-electron chi connectivity index (χ2n) is 4.97. The molecule has 2 aromatic rings. The van der Waals surface area contributed by atoms with Gasteiger partial charge in [0.1, 0.15) is 11.5 Å². The van der Waals surface area contributed by atoms with Gasteiger partial charge in [0.05, 0.1) is 39.6 Å². The lowest BCUT2D eigenvalue weighted by Gasteiger charge is -2.11. The van der Waals surface area contributed by atoms with Crippen molar-refractivity contribution in [3.8, 4) is 28.7 Å². The fourth-order valence-electron chi connectivity index (χ4n) is 2.40.